The highest BCUT2D eigenvalue weighted by Gasteiger charge is 2.24. The van der Waals surface area contributed by atoms with Gasteiger partial charge >= 0.3 is 11.9 Å². The number of nitrogens with zero attached hydrogens (tertiary/aromatic N) is 1. The van der Waals surface area contributed by atoms with Gasteiger partial charge in [-0.15, -0.1) is 0 Å². The second-order valence-corrected chi connectivity index (χ2v) is 4.05. The van der Waals surface area contributed by atoms with Crippen LogP contribution >= 0.6 is 11.6 Å². The Bertz CT molecular complexity index is 496. The smallest absolute Gasteiger partial charge is 0.326 e. The van der Waals surface area contributed by atoms with Crippen molar-refractivity contribution in [1.82, 2.24) is 9.88 Å². The number of aliphatic carboxylic acids is 2. The molecule has 0 radical (unpaired) electrons. The Morgan fingerprint density at radius 3 is 2.44 bits per heavy atom. The molecule has 0 unspecified atom stereocenters. The third kappa shape index (κ3) is 3.49. The standard InChI is InChI=1S/C10H11ClN2O5/c1-13-4-5(11)2-7(13)9(16)12-6(10(17)18)3-8(14)15/h2,4,6H,3H2,1H3,(H,12,16)(H,14,15)(H,17,18)/t6-/m1/s1. The molecule has 1 aromatic heterocycles. The van der Waals surface area contributed by atoms with E-state index in [1.54, 1.807) is 7.05 Å². The van der Waals surface area contributed by atoms with Gasteiger partial charge in [0.1, 0.15) is 11.7 Å². The van der Waals surface area contributed by atoms with Gasteiger partial charge in [-0.1, -0.05) is 11.6 Å². The summed E-state index contributed by atoms with van der Waals surface area (Å²) >= 11 is 5.68. The number of halogens is 1. The lowest BCUT2D eigenvalue weighted by atomic mass is 10.2. The first-order valence-electron chi connectivity index (χ1n) is 4.88. The molecule has 7 nitrogen and oxygen atoms in total. The fourth-order valence-electron chi connectivity index (χ4n) is 1.36. The summed E-state index contributed by atoms with van der Waals surface area (Å²) in [5.41, 5.74) is 0.150. The number of carboxylic acid groups (broad SMARTS) is 2. The molecule has 0 aliphatic carbocycles. The number of carboxylic acids is 2. The summed E-state index contributed by atoms with van der Waals surface area (Å²) in [7, 11) is 1.56. The monoisotopic (exact) mass is 274 g/mol. The molecule has 18 heavy (non-hydrogen) atoms. The molecule has 0 aliphatic heterocycles. The number of carbonyl (C=O) groups is 3. The number of aromatic nitrogens is 1. The van der Waals surface area contributed by atoms with Crippen LogP contribution in [0.4, 0.5) is 0 Å². The average Bonchev–Trinajstić information content (AvgIpc) is 2.56. The van der Waals surface area contributed by atoms with Gasteiger partial charge < -0.3 is 20.1 Å². The molecule has 0 saturated heterocycles. The first kappa shape index (κ1) is 14.0. The zero-order valence-corrected chi connectivity index (χ0v) is 10.1. The van der Waals surface area contributed by atoms with E-state index in [1.165, 1.54) is 16.8 Å². The van der Waals surface area contributed by atoms with Crippen molar-refractivity contribution in [3.63, 3.8) is 0 Å². The number of carbonyl (C=O) groups excluding carboxylic acids is 1. The van der Waals surface area contributed by atoms with Gasteiger partial charge in [0.15, 0.2) is 0 Å². The van der Waals surface area contributed by atoms with E-state index in [0.717, 1.165) is 0 Å². The Morgan fingerprint density at radius 1 is 1.44 bits per heavy atom. The molecule has 0 spiro atoms. The Balaban J connectivity index is 2.81. The minimum atomic E-state index is -1.48. The molecule has 0 saturated carbocycles. The number of aryl methyl sites for hydroxylation is 1. The molecule has 1 heterocycles. The summed E-state index contributed by atoms with van der Waals surface area (Å²) < 4.78 is 1.41. The van der Waals surface area contributed by atoms with Gasteiger partial charge in [-0.2, -0.15) is 0 Å². The lowest BCUT2D eigenvalue weighted by Gasteiger charge is -2.12. The van der Waals surface area contributed by atoms with Crippen molar-refractivity contribution in [2.45, 2.75) is 12.5 Å². The Morgan fingerprint density at radius 2 is 2.06 bits per heavy atom. The maximum atomic E-state index is 11.7. The topological polar surface area (TPSA) is 109 Å². The van der Waals surface area contributed by atoms with Crippen LogP contribution in [0.15, 0.2) is 12.3 Å². The molecular formula is C10H11ClN2O5. The van der Waals surface area contributed by atoms with Crippen LogP contribution in [0.25, 0.3) is 0 Å². The summed E-state index contributed by atoms with van der Waals surface area (Å²) in [6.07, 6.45) is 0.780. The lowest BCUT2D eigenvalue weighted by molar-refractivity contribution is -0.145. The largest absolute Gasteiger partial charge is 0.481 e. The van der Waals surface area contributed by atoms with E-state index in [4.69, 9.17) is 21.8 Å². The van der Waals surface area contributed by atoms with Crippen molar-refractivity contribution in [3.8, 4) is 0 Å². The highest BCUT2D eigenvalue weighted by Crippen LogP contribution is 2.12. The Kier molecular flexibility index (Phi) is 4.33. The summed E-state index contributed by atoms with van der Waals surface area (Å²) in [5.74, 6) is -3.42. The van der Waals surface area contributed by atoms with Gasteiger partial charge in [-0.3, -0.25) is 9.59 Å². The zero-order chi connectivity index (χ0) is 13.9. The van der Waals surface area contributed by atoms with Crippen LogP contribution in [0.2, 0.25) is 5.02 Å². The summed E-state index contributed by atoms with van der Waals surface area (Å²) in [5, 5.41) is 19.8. The van der Waals surface area contributed by atoms with Gasteiger partial charge in [0, 0.05) is 13.2 Å². The maximum Gasteiger partial charge on any atom is 0.326 e. The molecule has 0 aliphatic rings. The number of amides is 1. The average molecular weight is 275 g/mol. The van der Waals surface area contributed by atoms with Crippen molar-refractivity contribution in [1.29, 1.82) is 0 Å². The maximum absolute atomic E-state index is 11.7. The summed E-state index contributed by atoms with van der Waals surface area (Å²) in [6, 6.07) is -0.125. The van der Waals surface area contributed by atoms with Crippen LogP contribution < -0.4 is 5.32 Å². The Labute approximate surface area is 107 Å². The van der Waals surface area contributed by atoms with Gasteiger partial charge in [0.25, 0.3) is 5.91 Å². The van der Waals surface area contributed by atoms with E-state index in [0.29, 0.717) is 5.02 Å². The Hall–Kier alpha value is -2.02. The second kappa shape index (κ2) is 5.54. The highest BCUT2D eigenvalue weighted by molar-refractivity contribution is 6.31. The predicted octanol–water partition coefficient (Wildman–Crippen LogP) is 0.336. The molecule has 1 amide bonds. The van der Waals surface area contributed by atoms with Crippen LogP contribution in [0.3, 0.4) is 0 Å². The van der Waals surface area contributed by atoms with E-state index in [-0.39, 0.29) is 5.69 Å². The molecule has 3 N–H and O–H groups in total. The molecule has 1 aromatic rings. The van der Waals surface area contributed by atoms with Crippen molar-refractivity contribution < 1.29 is 24.6 Å². The molecule has 8 heteroatoms. The third-order valence-corrected chi connectivity index (χ3v) is 2.39. The van der Waals surface area contributed by atoms with Crippen LogP contribution in [-0.4, -0.2) is 38.7 Å². The molecule has 0 fully saturated rings. The van der Waals surface area contributed by atoms with Crippen molar-refractivity contribution in [2.24, 2.45) is 7.05 Å². The van der Waals surface area contributed by atoms with E-state index in [1.807, 2.05) is 0 Å². The second-order valence-electron chi connectivity index (χ2n) is 3.62. The first-order valence-corrected chi connectivity index (χ1v) is 5.26. The van der Waals surface area contributed by atoms with E-state index in [9.17, 15) is 14.4 Å². The molecule has 0 aromatic carbocycles. The first-order chi connectivity index (χ1) is 8.31. The van der Waals surface area contributed by atoms with Gasteiger partial charge in [0.2, 0.25) is 0 Å². The lowest BCUT2D eigenvalue weighted by Crippen LogP contribution is -2.42. The summed E-state index contributed by atoms with van der Waals surface area (Å²) in [6.45, 7) is 0. The normalized spacial score (nSPS) is 11.9. The predicted molar refractivity (Wildman–Crippen MR) is 61.6 cm³/mol. The number of rotatable bonds is 5. The van der Waals surface area contributed by atoms with E-state index >= 15 is 0 Å². The SMILES string of the molecule is Cn1cc(Cl)cc1C(=O)N[C@H](CC(=O)O)C(=O)O. The van der Waals surface area contributed by atoms with Crippen LogP contribution in [-0.2, 0) is 16.6 Å². The summed E-state index contributed by atoms with van der Waals surface area (Å²) in [4.78, 5) is 33.0. The minimum Gasteiger partial charge on any atom is -0.481 e. The van der Waals surface area contributed by atoms with Gasteiger partial charge in [0.05, 0.1) is 11.4 Å². The van der Waals surface area contributed by atoms with Crippen LogP contribution in [0.1, 0.15) is 16.9 Å². The fourth-order valence-corrected chi connectivity index (χ4v) is 1.61. The molecular weight excluding hydrogens is 264 g/mol. The van der Waals surface area contributed by atoms with Crippen LogP contribution in [0, 0.1) is 0 Å². The quantitative estimate of drug-likeness (QED) is 0.717. The van der Waals surface area contributed by atoms with E-state index < -0.39 is 30.3 Å². The molecule has 1 rings (SSSR count). The molecule has 0 bridgehead atoms. The van der Waals surface area contributed by atoms with Crippen molar-refractivity contribution >= 4 is 29.4 Å². The fraction of sp³-hybridized carbons (Fsp3) is 0.300. The third-order valence-electron chi connectivity index (χ3n) is 2.19. The number of hydrogen-bond acceptors (Lipinski definition) is 3. The van der Waals surface area contributed by atoms with Crippen molar-refractivity contribution in [2.75, 3.05) is 0 Å². The zero-order valence-electron chi connectivity index (χ0n) is 9.38. The van der Waals surface area contributed by atoms with Crippen LogP contribution in [0.5, 0.6) is 0 Å². The van der Waals surface area contributed by atoms with E-state index in [2.05, 4.69) is 5.32 Å². The number of hydrogen-bond donors (Lipinski definition) is 3. The molecule has 98 valence electrons. The van der Waals surface area contributed by atoms with Crippen molar-refractivity contribution in [3.05, 3.63) is 23.0 Å². The van der Waals surface area contributed by atoms with Gasteiger partial charge in [-0.05, 0) is 6.07 Å². The highest BCUT2D eigenvalue weighted by atomic mass is 35.5. The minimum absolute atomic E-state index is 0.150. The molecule has 1 atom stereocenters. The number of nitrogens with one attached hydrogen (secondary N) is 1. The van der Waals surface area contributed by atoms with Gasteiger partial charge in [-0.25, -0.2) is 4.79 Å².